The van der Waals surface area contributed by atoms with Crippen LogP contribution in [0.15, 0.2) is 46.7 Å². The molecule has 0 amide bonds. The normalized spacial score (nSPS) is 16.0. The minimum atomic E-state index is 0.824. The summed E-state index contributed by atoms with van der Waals surface area (Å²) in [5, 5.41) is 1.21. The molecule has 2 aromatic rings. The van der Waals surface area contributed by atoms with Crippen LogP contribution in [-0.2, 0) is 6.54 Å². The first-order chi connectivity index (χ1) is 13.0. The summed E-state index contributed by atoms with van der Waals surface area (Å²) in [6, 6.07) is 8.85. The van der Waals surface area contributed by atoms with Crippen molar-refractivity contribution in [3.05, 3.63) is 47.5 Å². The van der Waals surface area contributed by atoms with Gasteiger partial charge < -0.3 is 9.38 Å². The lowest BCUT2D eigenvalue weighted by atomic mass is 10.2. The van der Waals surface area contributed by atoms with Gasteiger partial charge in [0.1, 0.15) is 5.69 Å². The van der Waals surface area contributed by atoms with Crippen molar-refractivity contribution in [1.82, 2.24) is 9.47 Å². The van der Waals surface area contributed by atoms with E-state index in [9.17, 15) is 0 Å². The monoisotopic (exact) mass is 400 g/mol. The van der Waals surface area contributed by atoms with E-state index in [1.54, 1.807) is 0 Å². The van der Waals surface area contributed by atoms with Crippen LogP contribution in [0.1, 0.15) is 12.1 Å². The highest BCUT2D eigenvalue weighted by atomic mass is 32.2. The second-order valence-corrected chi connectivity index (χ2v) is 10.5. The highest BCUT2D eigenvalue weighted by Crippen LogP contribution is 2.47. The van der Waals surface area contributed by atoms with Gasteiger partial charge in [-0.05, 0) is 11.1 Å². The molecule has 1 aliphatic rings. The van der Waals surface area contributed by atoms with Gasteiger partial charge in [-0.25, -0.2) is 4.57 Å². The molecule has 0 fully saturated rings. The van der Waals surface area contributed by atoms with E-state index in [2.05, 4.69) is 100 Å². The van der Waals surface area contributed by atoms with Crippen LogP contribution in [0.4, 0.5) is 11.4 Å². The van der Waals surface area contributed by atoms with Crippen molar-refractivity contribution in [2.24, 2.45) is 0 Å². The minimum absolute atomic E-state index is 0.824. The summed E-state index contributed by atoms with van der Waals surface area (Å²) < 4.78 is 3.99. The molecular formula is C22H34N5S+3. The maximum atomic E-state index is 4.65. The van der Waals surface area contributed by atoms with Crippen molar-refractivity contribution < 1.29 is 9.05 Å². The van der Waals surface area contributed by atoms with Gasteiger partial charge in [-0.1, -0.05) is 11.8 Å². The largest absolute Gasteiger partial charge is 0.338 e. The number of rotatable bonds is 6. The van der Waals surface area contributed by atoms with Crippen LogP contribution in [-0.4, -0.2) is 65.3 Å². The summed E-state index contributed by atoms with van der Waals surface area (Å²) in [5.41, 5.74) is 3.57. The van der Waals surface area contributed by atoms with Gasteiger partial charge >= 0.3 is 0 Å². The lowest BCUT2D eigenvalue weighted by molar-refractivity contribution is -0.873. The first-order valence-electron chi connectivity index (χ1n) is 9.78. The van der Waals surface area contributed by atoms with Crippen molar-refractivity contribution >= 4 is 29.2 Å². The van der Waals surface area contributed by atoms with Crippen molar-refractivity contribution in [3.8, 4) is 0 Å². The first-order valence-corrected chi connectivity index (χ1v) is 10.6. The molecule has 2 heterocycles. The Kier molecular flexibility index (Phi) is 5.84. The molecule has 0 atom stereocenters. The summed E-state index contributed by atoms with van der Waals surface area (Å²) in [5.74, 6) is 0. The lowest BCUT2D eigenvalue weighted by Crippen LogP contribution is -2.40. The highest BCUT2D eigenvalue weighted by molar-refractivity contribution is 8.03. The number of anilines is 1. The molecule has 3 rings (SSSR count). The maximum absolute atomic E-state index is 4.65. The predicted molar refractivity (Wildman–Crippen MR) is 120 cm³/mol. The molecule has 0 aliphatic carbocycles. The van der Waals surface area contributed by atoms with Crippen molar-refractivity contribution in [2.75, 3.05) is 60.8 Å². The molecular weight excluding hydrogens is 366 g/mol. The average molecular weight is 401 g/mol. The Morgan fingerprint density at radius 1 is 1.11 bits per heavy atom. The van der Waals surface area contributed by atoms with Crippen LogP contribution < -0.4 is 14.0 Å². The topological polar surface area (TPSA) is 20.0 Å². The maximum Gasteiger partial charge on any atom is 0.286 e. The number of benzene rings is 1. The Bertz CT molecular complexity index is 860. The minimum Gasteiger partial charge on any atom is -0.338 e. The molecule has 0 saturated heterocycles. The Morgan fingerprint density at radius 2 is 1.86 bits per heavy atom. The highest BCUT2D eigenvalue weighted by Gasteiger charge is 2.25. The SMILES string of the molecule is CN1/C(=C/c2cc[n+](CCC[N+](C)(C)C)cn2)Sc2cc([N+](C)(C)C)ccc21. The van der Waals surface area contributed by atoms with Gasteiger partial charge in [0.15, 0.2) is 5.69 Å². The molecule has 1 aromatic heterocycles. The number of quaternary nitrogens is 2. The van der Waals surface area contributed by atoms with E-state index in [1.807, 2.05) is 18.1 Å². The molecule has 1 aliphatic heterocycles. The van der Waals surface area contributed by atoms with E-state index in [0.717, 1.165) is 34.2 Å². The number of hydrogen-bond acceptors (Lipinski definition) is 3. The molecule has 5 nitrogen and oxygen atoms in total. The molecule has 0 N–H and O–H groups in total. The lowest BCUT2D eigenvalue weighted by Gasteiger charge is -2.24. The Labute approximate surface area is 174 Å². The zero-order valence-corrected chi connectivity index (χ0v) is 19.1. The second kappa shape index (κ2) is 7.85. The quantitative estimate of drug-likeness (QED) is 0.549. The summed E-state index contributed by atoms with van der Waals surface area (Å²) in [7, 11) is 15.4. The smallest absolute Gasteiger partial charge is 0.286 e. The summed E-state index contributed by atoms with van der Waals surface area (Å²) in [6.45, 7) is 2.17. The summed E-state index contributed by atoms with van der Waals surface area (Å²) in [6.07, 6.45) is 7.41. The van der Waals surface area contributed by atoms with Crippen LogP contribution in [0.5, 0.6) is 0 Å². The van der Waals surface area contributed by atoms with E-state index in [1.165, 1.54) is 21.3 Å². The molecule has 0 spiro atoms. The standard InChI is InChI=1S/C22H34N5S/c1-24-20-10-9-19(27(5,6)7)16-21(20)28-22(24)15-18-11-13-25(17-23-18)12-8-14-26(2,3)4/h9-11,13,15-17H,8,12,14H2,1-7H3/q+3. The Morgan fingerprint density at radius 3 is 2.46 bits per heavy atom. The molecule has 0 saturated carbocycles. The van der Waals surface area contributed by atoms with Crippen LogP contribution in [0.25, 0.3) is 6.08 Å². The van der Waals surface area contributed by atoms with Gasteiger partial charge in [0.25, 0.3) is 6.33 Å². The number of aryl methyl sites for hydroxylation is 1. The van der Waals surface area contributed by atoms with Crippen LogP contribution in [0.3, 0.4) is 0 Å². The third kappa shape index (κ3) is 5.13. The van der Waals surface area contributed by atoms with E-state index < -0.39 is 0 Å². The van der Waals surface area contributed by atoms with Crippen LogP contribution in [0, 0.1) is 0 Å². The van der Waals surface area contributed by atoms with E-state index in [-0.39, 0.29) is 0 Å². The fraction of sp³-hybridized carbons (Fsp3) is 0.455. The summed E-state index contributed by atoms with van der Waals surface area (Å²) >= 11 is 1.82. The number of fused-ring (bicyclic) bond motifs is 1. The van der Waals surface area contributed by atoms with E-state index in [0.29, 0.717) is 0 Å². The van der Waals surface area contributed by atoms with Gasteiger partial charge in [-0.2, -0.15) is 0 Å². The average Bonchev–Trinajstić information content (AvgIpc) is 2.90. The fourth-order valence-electron chi connectivity index (χ4n) is 3.17. The second-order valence-electron chi connectivity index (χ2n) is 9.40. The molecule has 0 bridgehead atoms. The van der Waals surface area contributed by atoms with Crippen LogP contribution >= 0.6 is 11.8 Å². The number of thioether (sulfide) groups is 1. The number of nitrogens with zero attached hydrogens (tertiary/aromatic N) is 5. The molecule has 150 valence electrons. The van der Waals surface area contributed by atoms with Crippen molar-refractivity contribution in [1.29, 1.82) is 0 Å². The van der Waals surface area contributed by atoms with Gasteiger partial charge in [0.05, 0.1) is 72.3 Å². The Hall–Kier alpha value is -1.89. The molecule has 1 aromatic carbocycles. The number of aromatic nitrogens is 2. The molecule has 0 unspecified atom stereocenters. The predicted octanol–water partition coefficient (Wildman–Crippen LogP) is 3.20. The van der Waals surface area contributed by atoms with E-state index in [4.69, 9.17) is 0 Å². The number of hydrogen-bond donors (Lipinski definition) is 0. The molecule has 0 radical (unpaired) electrons. The van der Waals surface area contributed by atoms with Gasteiger partial charge in [0, 0.05) is 42.6 Å². The summed E-state index contributed by atoms with van der Waals surface area (Å²) in [4.78, 5) is 8.21. The third-order valence-electron chi connectivity index (χ3n) is 4.93. The third-order valence-corrected chi connectivity index (χ3v) is 6.08. The van der Waals surface area contributed by atoms with Crippen LogP contribution in [0.2, 0.25) is 0 Å². The van der Waals surface area contributed by atoms with Gasteiger partial charge in [-0.15, -0.1) is 0 Å². The first kappa shape index (κ1) is 20.8. The van der Waals surface area contributed by atoms with Gasteiger partial charge in [-0.3, -0.25) is 4.48 Å². The van der Waals surface area contributed by atoms with Crippen molar-refractivity contribution in [3.63, 3.8) is 0 Å². The molecule has 28 heavy (non-hydrogen) atoms. The van der Waals surface area contributed by atoms with Gasteiger partial charge in [0.2, 0.25) is 0 Å². The van der Waals surface area contributed by atoms with Crippen molar-refractivity contribution in [2.45, 2.75) is 17.9 Å². The zero-order chi connectivity index (χ0) is 20.5. The zero-order valence-electron chi connectivity index (χ0n) is 18.3. The van der Waals surface area contributed by atoms with E-state index >= 15 is 0 Å². The Balaban J connectivity index is 1.70. The fourth-order valence-corrected chi connectivity index (χ4v) is 4.30. The molecule has 6 heteroatoms.